The number of nitrogens with one attached hydrogen (secondary N) is 1. The van der Waals surface area contributed by atoms with Crippen molar-refractivity contribution >= 4 is 43.8 Å². The van der Waals surface area contributed by atoms with Crippen LogP contribution in [0.15, 0.2) is 87.3 Å². The summed E-state index contributed by atoms with van der Waals surface area (Å²) in [7, 11) is -3.99. The molecule has 2 N–H and O–H groups in total. The second-order valence-corrected chi connectivity index (χ2v) is 9.53. The van der Waals surface area contributed by atoms with Gasteiger partial charge in [-0.25, -0.2) is 13.8 Å². The summed E-state index contributed by atoms with van der Waals surface area (Å²) in [6, 6.07) is 19.1. The molecule has 0 saturated carbocycles. The number of aromatic hydroxyl groups is 1. The maximum absolute atomic E-state index is 13.2. The third kappa shape index (κ3) is 6.33. The van der Waals surface area contributed by atoms with Gasteiger partial charge in [0.25, 0.3) is 15.9 Å². The highest BCUT2D eigenvalue weighted by molar-refractivity contribution is 9.10. The molecule has 0 aliphatic heterocycles. The van der Waals surface area contributed by atoms with Crippen LogP contribution in [0.4, 0.5) is 5.69 Å². The molecular formula is C23H22BrN3O5S. The fourth-order valence-corrected chi connectivity index (χ4v) is 4.58. The van der Waals surface area contributed by atoms with E-state index in [1.807, 2.05) is 0 Å². The maximum atomic E-state index is 13.2. The van der Waals surface area contributed by atoms with Crippen LogP contribution >= 0.6 is 15.9 Å². The average Bonchev–Trinajstić information content (AvgIpc) is 2.81. The van der Waals surface area contributed by atoms with Crippen molar-refractivity contribution in [2.45, 2.75) is 11.8 Å². The van der Waals surface area contributed by atoms with Crippen LogP contribution in [0.5, 0.6) is 11.5 Å². The fraction of sp³-hybridized carbons (Fsp3) is 0.130. The summed E-state index contributed by atoms with van der Waals surface area (Å²) in [4.78, 5) is 12.6. The van der Waals surface area contributed by atoms with Gasteiger partial charge in [-0.3, -0.25) is 9.10 Å². The molecule has 8 nitrogen and oxygen atoms in total. The van der Waals surface area contributed by atoms with Crippen molar-refractivity contribution in [3.05, 3.63) is 82.8 Å². The minimum Gasteiger partial charge on any atom is -0.504 e. The van der Waals surface area contributed by atoms with E-state index in [1.54, 1.807) is 61.5 Å². The van der Waals surface area contributed by atoms with Gasteiger partial charge in [-0.2, -0.15) is 5.10 Å². The summed E-state index contributed by atoms with van der Waals surface area (Å²) in [5, 5.41) is 13.7. The van der Waals surface area contributed by atoms with Crippen molar-refractivity contribution in [1.29, 1.82) is 0 Å². The molecule has 0 aliphatic rings. The number of benzene rings is 3. The zero-order chi connectivity index (χ0) is 23.8. The zero-order valence-corrected chi connectivity index (χ0v) is 20.1. The molecular weight excluding hydrogens is 510 g/mol. The highest BCUT2D eigenvalue weighted by Gasteiger charge is 2.27. The second kappa shape index (κ2) is 11.0. The predicted molar refractivity (Wildman–Crippen MR) is 130 cm³/mol. The monoisotopic (exact) mass is 531 g/mol. The largest absolute Gasteiger partial charge is 0.504 e. The van der Waals surface area contributed by atoms with Gasteiger partial charge in [0, 0.05) is 4.47 Å². The average molecular weight is 532 g/mol. The third-order valence-electron chi connectivity index (χ3n) is 4.42. The molecule has 0 spiro atoms. The van der Waals surface area contributed by atoms with Crippen molar-refractivity contribution in [1.82, 2.24) is 5.43 Å². The van der Waals surface area contributed by atoms with Gasteiger partial charge in [0.05, 0.1) is 23.4 Å². The number of carbonyl (C=O) groups is 1. The van der Waals surface area contributed by atoms with Crippen LogP contribution in [0.1, 0.15) is 12.5 Å². The Kier molecular flexibility index (Phi) is 8.07. The summed E-state index contributed by atoms with van der Waals surface area (Å²) in [5.41, 5.74) is 3.26. The van der Waals surface area contributed by atoms with Gasteiger partial charge in [-0.15, -0.1) is 0 Å². The zero-order valence-electron chi connectivity index (χ0n) is 17.7. The van der Waals surface area contributed by atoms with Gasteiger partial charge < -0.3 is 9.84 Å². The normalized spacial score (nSPS) is 11.3. The molecule has 172 valence electrons. The molecule has 0 saturated heterocycles. The van der Waals surface area contributed by atoms with Crippen LogP contribution in [0.25, 0.3) is 0 Å². The molecule has 10 heteroatoms. The lowest BCUT2D eigenvalue weighted by Crippen LogP contribution is -2.39. The van der Waals surface area contributed by atoms with Crippen molar-refractivity contribution < 1.29 is 23.1 Å². The molecule has 33 heavy (non-hydrogen) atoms. The first-order chi connectivity index (χ1) is 15.8. The Morgan fingerprint density at radius 3 is 2.48 bits per heavy atom. The Balaban J connectivity index is 1.79. The number of hydrazone groups is 1. The van der Waals surface area contributed by atoms with Crippen LogP contribution in [0.2, 0.25) is 0 Å². The number of ether oxygens (including phenoxy) is 1. The van der Waals surface area contributed by atoms with Gasteiger partial charge in [-0.05, 0) is 67.1 Å². The SMILES string of the molecule is CCOc1cc(/C=N\NC(=O)CN(c2ccc(Br)cc2)S(=O)(=O)c2ccccc2)ccc1O. The molecule has 3 aromatic carbocycles. The van der Waals surface area contributed by atoms with Gasteiger partial charge in [-0.1, -0.05) is 34.1 Å². The summed E-state index contributed by atoms with van der Waals surface area (Å²) in [5.74, 6) is -0.338. The van der Waals surface area contributed by atoms with Gasteiger partial charge in [0.15, 0.2) is 11.5 Å². The smallest absolute Gasteiger partial charge is 0.264 e. The van der Waals surface area contributed by atoms with E-state index in [1.165, 1.54) is 24.4 Å². The minimum atomic E-state index is -3.99. The van der Waals surface area contributed by atoms with Crippen molar-refractivity contribution in [2.75, 3.05) is 17.5 Å². The highest BCUT2D eigenvalue weighted by Crippen LogP contribution is 2.26. The molecule has 0 aromatic heterocycles. The van der Waals surface area contributed by atoms with Crippen LogP contribution in [0, 0.1) is 0 Å². The van der Waals surface area contributed by atoms with Gasteiger partial charge >= 0.3 is 0 Å². The van der Waals surface area contributed by atoms with E-state index >= 15 is 0 Å². The molecule has 0 bridgehead atoms. The molecule has 0 aliphatic carbocycles. The lowest BCUT2D eigenvalue weighted by Gasteiger charge is -2.23. The van der Waals surface area contributed by atoms with Crippen LogP contribution in [-0.4, -0.2) is 38.8 Å². The number of phenols is 1. The highest BCUT2D eigenvalue weighted by atomic mass is 79.9. The van der Waals surface area contributed by atoms with Crippen LogP contribution in [0.3, 0.4) is 0 Å². The first-order valence-electron chi connectivity index (χ1n) is 9.92. The number of hydrogen-bond donors (Lipinski definition) is 2. The molecule has 0 radical (unpaired) electrons. The predicted octanol–water partition coefficient (Wildman–Crippen LogP) is 3.90. The van der Waals surface area contributed by atoms with E-state index in [0.717, 1.165) is 8.78 Å². The number of carbonyl (C=O) groups excluding carboxylic acids is 1. The topological polar surface area (TPSA) is 108 Å². The van der Waals surface area contributed by atoms with E-state index in [4.69, 9.17) is 4.74 Å². The summed E-state index contributed by atoms with van der Waals surface area (Å²) in [6.07, 6.45) is 1.37. The quantitative estimate of drug-likeness (QED) is 0.321. The first kappa shape index (κ1) is 24.3. The second-order valence-electron chi connectivity index (χ2n) is 6.75. The molecule has 0 fully saturated rings. The summed E-state index contributed by atoms with van der Waals surface area (Å²) in [6.45, 7) is 1.70. The number of amides is 1. The minimum absolute atomic E-state index is 0.00528. The molecule has 0 atom stereocenters. The number of halogens is 1. The van der Waals surface area contributed by atoms with Gasteiger partial charge in [0.2, 0.25) is 0 Å². The number of sulfonamides is 1. The fourth-order valence-electron chi connectivity index (χ4n) is 2.87. The summed E-state index contributed by atoms with van der Waals surface area (Å²) < 4.78 is 33.6. The van der Waals surface area contributed by atoms with E-state index in [9.17, 15) is 18.3 Å². The molecule has 0 unspecified atom stereocenters. The Bertz CT molecular complexity index is 1230. The number of anilines is 1. The van der Waals surface area contributed by atoms with Crippen LogP contribution in [-0.2, 0) is 14.8 Å². The van der Waals surface area contributed by atoms with Crippen molar-refractivity contribution in [2.24, 2.45) is 5.10 Å². The molecule has 0 heterocycles. The summed E-state index contributed by atoms with van der Waals surface area (Å²) >= 11 is 3.33. The first-order valence-corrected chi connectivity index (χ1v) is 12.2. The van der Waals surface area contributed by atoms with E-state index in [-0.39, 0.29) is 10.6 Å². The molecule has 1 amide bonds. The Hall–Kier alpha value is -3.37. The van der Waals surface area contributed by atoms with E-state index in [2.05, 4.69) is 26.5 Å². The maximum Gasteiger partial charge on any atom is 0.264 e. The number of phenolic OH excluding ortho intramolecular Hbond substituents is 1. The molecule has 3 rings (SSSR count). The standard InChI is InChI=1S/C23H22BrN3O5S/c1-2-32-22-14-17(8-13-21(22)28)15-25-26-23(29)16-27(19-11-9-18(24)10-12-19)33(30,31)20-6-4-3-5-7-20/h3-15,28H,2,16H2,1H3,(H,26,29)/b25-15-. The third-order valence-corrected chi connectivity index (χ3v) is 6.74. The Labute approximate surface area is 200 Å². The van der Waals surface area contributed by atoms with Gasteiger partial charge in [0.1, 0.15) is 6.54 Å². The lowest BCUT2D eigenvalue weighted by atomic mass is 10.2. The Morgan fingerprint density at radius 1 is 1.12 bits per heavy atom. The molecule has 3 aromatic rings. The lowest BCUT2D eigenvalue weighted by molar-refractivity contribution is -0.119. The number of rotatable bonds is 9. The van der Waals surface area contributed by atoms with Crippen molar-refractivity contribution in [3.63, 3.8) is 0 Å². The van der Waals surface area contributed by atoms with Crippen LogP contribution < -0.4 is 14.5 Å². The van der Waals surface area contributed by atoms with E-state index in [0.29, 0.717) is 23.6 Å². The van der Waals surface area contributed by atoms with Crippen molar-refractivity contribution in [3.8, 4) is 11.5 Å². The Morgan fingerprint density at radius 2 is 1.82 bits per heavy atom. The number of hydrogen-bond acceptors (Lipinski definition) is 6. The number of nitrogens with zero attached hydrogens (tertiary/aromatic N) is 2. The van der Waals surface area contributed by atoms with E-state index < -0.39 is 22.5 Å².